The van der Waals surface area contributed by atoms with Crippen molar-refractivity contribution in [1.82, 2.24) is 15.3 Å². The van der Waals surface area contributed by atoms with Gasteiger partial charge in [0.1, 0.15) is 0 Å². The number of hydrogen-bond acceptors (Lipinski definition) is 4. The molecule has 1 aliphatic heterocycles. The van der Waals surface area contributed by atoms with Gasteiger partial charge in [-0.1, -0.05) is 13.8 Å². The number of hydrogen-bond donors (Lipinski definition) is 1. The summed E-state index contributed by atoms with van der Waals surface area (Å²) in [6.45, 7) is 8.78. The smallest absolute Gasteiger partial charge is 0.226 e. The van der Waals surface area contributed by atoms with E-state index in [9.17, 15) is 4.79 Å². The number of anilines is 1. The van der Waals surface area contributed by atoms with Gasteiger partial charge in [-0.25, -0.2) is 9.97 Å². The molecule has 0 unspecified atom stereocenters. The maximum absolute atomic E-state index is 12.3. The van der Waals surface area contributed by atoms with Gasteiger partial charge in [-0.05, 0) is 68.2 Å². The minimum absolute atomic E-state index is 0.116. The molecule has 0 saturated carbocycles. The van der Waals surface area contributed by atoms with Crippen LogP contribution < -0.4 is 10.2 Å². The predicted octanol–water partition coefficient (Wildman–Crippen LogP) is 3.42. The summed E-state index contributed by atoms with van der Waals surface area (Å²) >= 11 is 0. The van der Waals surface area contributed by atoms with Crippen molar-refractivity contribution in [1.29, 1.82) is 0 Å². The zero-order valence-electron chi connectivity index (χ0n) is 16.7. The third-order valence-electron chi connectivity index (χ3n) is 5.92. The van der Waals surface area contributed by atoms with Crippen LogP contribution in [0.2, 0.25) is 0 Å². The number of fused-ring (bicyclic) bond motifs is 2. The van der Waals surface area contributed by atoms with Gasteiger partial charge in [-0.3, -0.25) is 4.79 Å². The average Bonchev–Trinajstić information content (AvgIpc) is 3.12. The average molecular weight is 367 g/mol. The first-order chi connectivity index (χ1) is 13.0. The van der Waals surface area contributed by atoms with Gasteiger partial charge in [0.05, 0.1) is 11.2 Å². The molecule has 2 heterocycles. The van der Waals surface area contributed by atoms with Crippen LogP contribution in [-0.4, -0.2) is 35.5 Å². The molecule has 27 heavy (non-hydrogen) atoms. The fraction of sp³-hybridized carbons (Fsp3) is 0.591. The number of rotatable bonds is 4. The Kier molecular flexibility index (Phi) is 5.02. The Hall–Kier alpha value is -2.17. The van der Waals surface area contributed by atoms with Crippen LogP contribution in [0.15, 0.2) is 12.1 Å². The second-order valence-electron chi connectivity index (χ2n) is 8.50. The molecular weight excluding hydrogens is 336 g/mol. The van der Waals surface area contributed by atoms with Crippen molar-refractivity contribution in [2.45, 2.75) is 52.9 Å². The zero-order chi connectivity index (χ0) is 19.0. The van der Waals surface area contributed by atoms with Gasteiger partial charge in [0.2, 0.25) is 11.9 Å². The number of carbonyl (C=O) groups excluding carboxylic acids is 1. The summed E-state index contributed by atoms with van der Waals surface area (Å²) in [5, 5.41) is 4.26. The lowest BCUT2D eigenvalue weighted by atomic mass is 9.96. The number of amides is 1. The number of carbonyl (C=O) groups is 1. The summed E-state index contributed by atoms with van der Waals surface area (Å²) in [6.07, 6.45) is 5.33. The van der Waals surface area contributed by atoms with Crippen LogP contribution >= 0.6 is 0 Å². The summed E-state index contributed by atoms with van der Waals surface area (Å²) in [4.78, 5) is 24.2. The summed E-state index contributed by atoms with van der Waals surface area (Å²) in [5.74, 6) is 1.63. The van der Waals surface area contributed by atoms with Crippen LogP contribution in [0.3, 0.4) is 0 Å². The highest BCUT2D eigenvalue weighted by Gasteiger charge is 2.26. The number of benzene rings is 1. The maximum Gasteiger partial charge on any atom is 0.226 e. The highest BCUT2D eigenvalue weighted by Crippen LogP contribution is 2.29. The molecule has 1 saturated heterocycles. The molecule has 1 fully saturated rings. The highest BCUT2D eigenvalue weighted by molar-refractivity contribution is 5.84. The molecule has 5 nitrogen and oxygen atoms in total. The van der Waals surface area contributed by atoms with Crippen LogP contribution in [0.5, 0.6) is 0 Å². The molecule has 1 amide bonds. The molecule has 0 radical (unpaired) electrons. The second kappa shape index (κ2) is 7.45. The van der Waals surface area contributed by atoms with E-state index in [0.717, 1.165) is 49.6 Å². The van der Waals surface area contributed by atoms with E-state index in [2.05, 4.69) is 43.1 Å². The zero-order valence-corrected chi connectivity index (χ0v) is 16.7. The molecule has 2 aliphatic rings. The van der Waals surface area contributed by atoms with E-state index in [-0.39, 0.29) is 11.8 Å². The summed E-state index contributed by atoms with van der Waals surface area (Å²) in [5.41, 5.74) is 5.04. The van der Waals surface area contributed by atoms with Crippen LogP contribution in [0.4, 0.5) is 5.95 Å². The Balaban J connectivity index is 1.47. The van der Waals surface area contributed by atoms with Gasteiger partial charge < -0.3 is 10.2 Å². The predicted molar refractivity (Wildman–Crippen MR) is 109 cm³/mol. The van der Waals surface area contributed by atoms with Crippen molar-refractivity contribution in [2.24, 2.45) is 11.8 Å². The van der Waals surface area contributed by atoms with Crippen LogP contribution in [0, 0.1) is 18.8 Å². The van der Waals surface area contributed by atoms with Gasteiger partial charge >= 0.3 is 0 Å². The molecule has 1 aromatic heterocycles. The SMILES string of the molecule is Cc1nc(N2CCC(C(=O)NCC(C)C)CC2)nc2cc3c(cc12)CCC3. The fourth-order valence-corrected chi connectivity index (χ4v) is 4.27. The van der Waals surface area contributed by atoms with Crippen molar-refractivity contribution in [2.75, 3.05) is 24.5 Å². The highest BCUT2D eigenvalue weighted by atomic mass is 16.1. The summed E-state index contributed by atoms with van der Waals surface area (Å²) in [6, 6.07) is 4.56. The van der Waals surface area contributed by atoms with E-state index in [4.69, 9.17) is 9.97 Å². The fourth-order valence-electron chi connectivity index (χ4n) is 4.27. The molecule has 144 valence electrons. The Bertz CT molecular complexity index is 853. The third kappa shape index (κ3) is 3.78. The van der Waals surface area contributed by atoms with E-state index >= 15 is 0 Å². The van der Waals surface area contributed by atoms with E-state index in [1.54, 1.807) is 0 Å². The van der Waals surface area contributed by atoms with E-state index in [1.807, 2.05) is 0 Å². The van der Waals surface area contributed by atoms with Crippen molar-refractivity contribution >= 4 is 22.8 Å². The minimum Gasteiger partial charge on any atom is -0.356 e. The maximum atomic E-state index is 12.3. The van der Waals surface area contributed by atoms with Crippen LogP contribution in [0.1, 0.15) is 49.9 Å². The number of nitrogens with zero attached hydrogens (tertiary/aromatic N) is 3. The summed E-state index contributed by atoms with van der Waals surface area (Å²) in [7, 11) is 0. The molecule has 1 N–H and O–H groups in total. The van der Waals surface area contributed by atoms with Crippen molar-refractivity contribution in [3.8, 4) is 0 Å². The third-order valence-corrected chi connectivity index (χ3v) is 5.92. The lowest BCUT2D eigenvalue weighted by molar-refractivity contribution is -0.125. The van der Waals surface area contributed by atoms with Gasteiger partial charge in [0, 0.05) is 30.9 Å². The van der Waals surface area contributed by atoms with Crippen LogP contribution in [-0.2, 0) is 17.6 Å². The standard InChI is InChI=1S/C22H30N4O/c1-14(2)13-23-21(27)16-7-9-26(10-8-16)22-24-15(3)19-11-17-5-4-6-18(17)12-20(19)25-22/h11-12,14,16H,4-10,13H2,1-3H3,(H,23,27). The minimum atomic E-state index is 0.116. The molecule has 0 spiro atoms. The van der Waals surface area contributed by atoms with Crippen LogP contribution in [0.25, 0.3) is 10.9 Å². The van der Waals surface area contributed by atoms with Gasteiger partial charge in [0.25, 0.3) is 0 Å². The quantitative estimate of drug-likeness (QED) is 0.901. The first-order valence-corrected chi connectivity index (χ1v) is 10.3. The molecule has 1 aromatic carbocycles. The Morgan fingerprint density at radius 1 is 1.19 bits per heavy atom. The molecule has 1 aliphatic carbocycles. The van der Waals surface area contributed by atoms with Crippen molar-refractivity contribution in [3.05, 3.63) is 29.0 Å². The monoisotopic (exact) mass is 366 g/mol. The van der Waals surface area contributed by atoms with Crippen molar-refractivity contribution < 1.29 is 4.79 Å². The number of aromatic nitrogens is 2. The number of aryl methyl sites for hydroxylation is 3. The van der Waals surface area contributed by atoms with E-state index in [0.29, 0.717) is 5.92 Å². The van der Waals surface area contributed by atoms with Gasteiger partial charge in [0.15, 0.2) is 0 Å². The lowest BCUT2D eigenvalue weighted by Gasteiger charge is -2.31. The number of piperidine rings is 1. The largest absolute Gasteiger partial charge is 0.356 e. The number of nitrogens with one attached hydrogen (secondary N) is 1. The molecule has 0 bridgehead atoms. The van der Waals surface area contributed by atoms with Crippen molar-refractivity contribution in [3.63, 3.8) is 0 Å². The van der Waals surface area contributed by atoms with Gasteiger partial charge in [-0.2, -0.15) is 0 Å². The molecule has 4 rings (SSSR count). The molecule has 0 atom stereocenters. The first-order valence-electron chi connectivity index (χ1n) is 10.3. The Labute approximate surface area is 161 Å². The second-order valence-corrected chi connectivity index (χ2v) is 8.50. The Morgan fingerprint density at radius 3 is 2.59 bits per heavy atom. The Morgan fingerprint density at radius 2 is 1.89 bits per heavy atom. The van der Waals surface area contributed by atoms with E-state index < -0.39 is 0 Å². The topological polar surface area (TPSA) is 58.1 Å². The van der Waals surface area contributed by atoms with Gasteiger partial charge in [-0.15, -0.1) is 0 Å². The van der Waals surface area contributed by atoms with E-state index in [1.165, 1.54) is 35.8 Å². The molecule has 5 heteroatoms. The lowest BCUT2D eigenvalue weighted by Crippen LogP contribution is -2.42. The molecule has 2 aromatic rings. The first kappa shape index (κ1) is 18.2. The summed E-state index contributed by atoms with van der Waals surface area (Å²) < 4.78 is 0. The molecular formula is C22H30N4O. The normalized spacial score (nSPS) is 17.6.